The van der Waals surface area contributed by atoms with Crippen molar-refractivity contribution in [3.05, 3.63) is 148 Å². The highest BCUT2D eigenvalue weighted by atomic mass is 35.5. The zero-order chi connectivity index (χ0) is 38.8. The molecule has 1 saturated heterocycles. The fourth-order valence-corrected chi connectivity index (χ4v) is 8.56. The van der Waals surface area contributed by atoms with Gasteiger partial charge in [-0.1, -0.05) is 66.2 Å². The summed E-state index contributed by atoms with van der Waals surface area (Å²) < 4.78 is 28.6. The van der Waals surface area contributed by atoms with E-state index in [1.807, 2.05) is 60.7 Å². The van der Waals surface area contributed by atoms with Crippen LogP contribution in [0.15, 0.2) is 131 Å². The summed E-state index contributed by atoms with van der Waals surface area (Å²) in [5.74, 6) is -0.333. The summed E-state index contributed by atoms with van der Waals surface area (Å²) in [5, 5.41) is 25.1. The summed E-state index contributed by atoms with van der Waals surface area (Å²) in [7, 11) is -4.46. The maximum Gasteiger partial charge on any atom is 0.293 e. The lowest BCUT2D eigenvalue weighted by atomic mass is 9.99. The molecule has 1 amide bonds. The Morgan fingerprint density at radius 3 is 2.27 bits per heavy atom. The molecule has 6 rings (SSSR count). The molecule has 1 fully saturated rings. The molecular formula is C41H39ClN6O5S2. The van der Waals surface area contributed by atoms with Crippen molar-refractivity contribution in [3.8, 4) is 17.2 Å². The number of hydrogen-bond donors (Lipinski definition) is 2. The molecule has 0 radical (unpaired) electrons. The normalized spacial score (nSPS) is 13.8. The summed E-state index contributed by atoms with van der Waals surface area (Å²) in [4.78, 5) is 29.7. The minimum Gasteiger partial charge on any atom is -0.376 e. The Kier molecular flexibility index (Phi) is 13.1. The molecule has 282 valence electrons. The third-order valence-electron chi connectivity index (χ3n) is 9.27. The summed E-state index contributed by atoms with van der Waals surface area (Å²) in [5.41, 5.74) is 4.14. The first-order valence-electron chi connectivity index (χ1n) is 17.7. The Balaban J connectivity index is 1.06. The van der Waals surface area contributed by atoms with Crippen molar-refractivity contribution >= 4 is 56.4 Å². The van der Waals surface area contributed by atoms with E-state index in [4.69, 9.17) is 16.9 Å². The molecule has 11 nitrogen and oxygen atoms in total. The van der Waals surface area contributed by atoms with E-state index in [0.29, 0.717) is 17.2 Å². The van der Waals surface area contributed by atoms with Crippen LogP contribution in [0.1, 0.15) is 28.8 Å². The number of sulfonamides is 1. The van der Waals surface area contributed by atoms with Crippen LogP contribution in [-0.2, 0) is 16.6 Å². The van der Waals surface area contributed by atoms with Crippen LogP contribution in [0.5, 0.6) is 0 Å². The van der Waals surface area contributed by atoms with Gasteiger partial charge in [0.05, 0.1) is 15.9 Å². The maximum absolute atomic E-state index is 13.3. The van der Waals surface area contributed by atoms with Gasteiger partial charge in [-0.3, -0.25) is 19.8 Å². The highest BCUT2D eigenvalue weighted by molar-refractivity contribution is 7.99. The number of piperazine rings is 1. The van der Waals surface area contributed by atoms with Crippen LogP contribution in [0, 0.1) is 21.4 Å². The first-order valence-corrected chi connectivity index (χ1v) is 20.5. The second-order valence-corrected chi connectivity index (χ2v) is 16.2. The zero-order valence-corrected chi connectivity index (χ0v) is 32.2. The van der Waals surface area contributed by atoms with Gasteiger partial charge in [0, 0.05) is 78.2 Å². The number of rotatable bonds is 15. The van der Waals surface area contributed by atoms with Crippen LogP contribution in [0.4, 0.5) is 17.1 Å². The topological polar surface area (TPSA) is 149 Å². The number of anilines is 2. The number of carbonyl (C=O) groups excluding carboxylic acids is 1. The first-order chi connectivity index (χ1) is 26.6. The molecule has 0 bridgehead atoms. The number of thioether (sulfide) groups is 1. The van der Waals surface area contributed by atoms with Crippen molar-refractivity contribution in [2.24, 2.45) is 0 Å². The van der Waals surface area contributed by atoms with Crippen LogP contribution < -0.4 is 14.9 Å². The minimum atomic E-state index is -4.46. The highest BCUT2D eigenvalue weighted by Crippen LogP contribution is 2.31. The second kappa shape index (κ2) is 18.3. The summed E-state index contributed by atoms with van der Waals surface area (Å²) in [6.07, 6.45) is 0.663. The number of carbonyl (C=O) groups is 1. The standard InChI is InChI=1S/C41H39ClN6O5S2/c42-33-15-19-38(30-8-3-1-4-9-30)32(26-33)28-46-22-24-47(25-23-46)35-16-13-31(14-17-35)41(49)45-55(52,53)37-18-20-39(40(27-37)48(50)51)44-34(10-7-21-43)29-54-36-11-5-2-6-12-36/h1-6,8-9,11-20,26-27,34,44H,7,10,22-25,28-29H2,(H,45,49)/t34-/m1/s1. The van der Waals surface area contributed by atoms with Gasteiger partial charge in [-0.2, -0.15) is 5.26 Å². The molecule has 5 aromatic rings. The van der Waals surface area contributed by atoms with Crippen LogP contribution in [0.3, 0.4) is 0 Å². The van der Waals surface area contributed by atoms with E-state index in [-0.39, 0.29) is 23.7 Å². The summed E-state index contributed by atoms with van der Waals surface area (Å²) >= 11 is 7.92. The molecule has 14 heteroatoms. The van der Waals surface area contributed by atoms with E-state index in [1.54, 1.807) is 36.0 Å². The van der Waals surface area contributed by atoms with Crippen LogP contribution in [-0.4, -0.2) is 62.1 Å². The van der Waals surface area contributed by atoms with Crippen molar-refractivity contribution < 1.29 is 18.1 Å². The molecule has 2 N–H and O–H groups in total. The number of nitriles is 1. The second-order valence-electron chi connectivity index (χ2n) is 13.0. The SMILES string of the molecule is N#CCC[C@H](CSc1ccccc1)Nc1ccc(S(=O)(=O)NC(=O)c2ccc(N3CCN(Cc4cc(Cl)ccc4-c4ccccc4)CC3)cc2)cc1[N+](=O)[O-]. The molecule has 1 atom stereocenters. The molecule has 0 spiro atoms. The average Bonchev–Trinajstić information content (AvgIpc) is 3.20. The molecule has 0 aromatic heterocycles. The van der Waals surface area contributed by atoms with Gasteiger partial charge in [-0.25, -0.2) is 13.1 Å². The molecule has 5 aromatic carbocycles. The van der Waals surface area contributed by atoms with Gasteiger partial charge in [-0.05, 0) is 83.8 Å². The Morgan fingerprint density at radius 1 is 0.909 bits per heavy atom. The molecule has 55 heavy (non-hydrogen) atoms. The van der Waals surface area contributed by atoms with Crippen molar-refractivity contribution in [1.82, 2.24) is 9.62 Å². The van der Waals surface area contributed by atoms with Gasteiger partial charge in [0.25, 0.3) is 21.6 Å². The van der Waals surface area contributed by atoms with Crippen LogP contribution in [0.2, 0.25) is 5.02 Å². The monoisotopic (exact) mass is 794 g/mol. The lowest BCUT2D eigenvalue weighted by Crippen LogP contribution is -2.46. The number of nitro groups is 1. The maximum atomic E-state index is 13.3. The van der Waals surface area contributed by atoms with Crippen molar-refractivity contribution in [2.75, 3.05) is 42.1 Å². The Bertz CT molecular complexity index is 2270. The Labute approximate surface area is 330 Å². The molecule has 1 aliphatic heterocycles. The lowest BCUT2D eigenvalue weighted by Gasteiger charge is -2.36. The molecule has 1 aliphatic rings. The van der Waals surface area contributed by atoms with Crippen molar-refractivity contribution in [3.63, 3.8) is 0 Å². The predicted molar refractivity (Wildman–Crippen MR) is 218 cm³/mol. The third kappa shape index (κ3) is 10.4. The highest BCUT2D eigenvalue weighted by Gasteiger charge is 2.26. The van der Waals surface area contributed by atoms with E-state index in [2.05, 4.69) is 44.1 Å². The number of halogens is 1. The van der Waals surface area contributed by atoms with E-state index in [9.17, 15) is 23.3 Å². The predicted octanol–water partition coefficient (Wildman–Crippen LogP) is 8.23. The minimum absolute atomic E-state index is 0.115. The summed E-state index contributed by atoms with van der Waals surface area (Å²) in [6.45, 7) is 3.90. The largest absolute Gasteiger partial charge is 0.376 e. The molecule has 0 unspecified atom stereocenters. The van der Waals surface area contributed by atoms with Crippen molar-refractivity contribution in [2.45, 2.75) is 35.2 Å². The number of amides is 1. The van der Waals surface area contributed by atoms with Gasteiger partial charge < -0.3 is 10.2 Å². The van der Waals surface area contributed by atoms with Crippen LogP contribution >= 0.6 is 23.4 Å². The fourth-order valence-electron chi connectivity index (χ4n) is 6.38. The summed E-state index contributed by atoms with van der Waals surface area (Å²) in [6, 6.07) is 37.8. The first kappa shape index (κ1) is 39.3. The van der Waals surface area contributed by atoms with Gasteiger partial charge >= 0.3 is 0 Å². The van der Waals surface area contributed by atoms with E-state index in [1.165, 1.54) is 12.1 Å². The average molecular weight is 795 g/mol. The van der Waals surface area contributed by atoms with Crippen LogP contribution in [0.25, 0.3) is 11.1 Å². The quantitative estimate of drug-likeness (QED) is 0.0603. The van der Waals surface area contributed by atoms with E-state index < -0.39 is 31.4 Å². The van der Waals surface area contributed by atoms with Gasteiger partial charge in [0.2, 0.25) is 0 Å². The molecule has 1 heterocycles. The molecule has 0 saturated carbocycles. The number of hydrogen-bond acceptors (Lipinski definition) is 10. The van der Waals surface area contributed by atoms with Gasteiger partial charge in [0.15, 0.2) is 0 Å². The number of nitrogens with zero attached hydrogens (tertiary/aromatic N) is 4. The van der Waals surface area contributed by atoms with E-state index >= 15 is 0 Å². The van der Waals surface area contributed by atoms with Gasteiger partial charge in [-0.15, -0.1) is 11.8 Å². The lowest BCUT2D eigenvalue weighted by molar-refractivity contribution is -0.384. The Morgan fingerprint density at radius 2 is 1.60 bits per heavy atom. The van der Waals surface area contributed by atoms with Crippen molar-refractivity contribution in [1.29, 1.82) is 5.26 Å². The fraction of sp³-hybridized carbons (Fsp3) is 0.220. The number of benzene rings is 5. The number of nitro benzene ring substituents is 1. The molecule has 0 aliphatic carbocycles. The smallest absolute Gasteiger partial charge is 0.293 e. The number of nitrogens with one attached hydrogen (secondary N) is 2. The Hall–Kier alpha value is -5.39. The van der Waals surface area contributed by atoms with E-state index in [0.717, 1.165) is 66.1 Å². The molecular weight excluding hydrogens is 756 g/mol. The zero-order valence-electron chi connectivity index (χ0n) is 29.8. The third-order valence-corrected chi connectivity index (χ3v) is 12.0. The van der Waals surface area contributed by atoms with Gasteiger partial charge in [0.1, 0.15) is 5.69 Å².